The highest BCUT2D eigenvalue weighted by Gasteiger charge is 2.22. The van der Waals surface area contributed by atoms with Crippen molar-refractivity contribution < 1.29 is 4.79 Å². The monoisotopic (exact) mass is 352 g/mol. The van der Waals surface area contributed by atoms with Gasteiger partial charge in [-0.25, -0.2) is 4.98 Å². The molecule has 2 aromatic rings. The molecule has 1 aliphatic rings. The molecule has 136 valence electrons. The van der Waals surface area contributed by atoms with Gasteiger partial charge in [0.25, 0.3) is 0 Å². The normalized spacial score (nSPS) is 14.4. The van der Waals surface area contributed by atoms with Gasteiger partial charge in [-0.2, -0.15) is 10.4 Å². The second kappa shape index (κ2) is 7.56. The molecule has 7 heteroatoms. The molecule has 0 N–H and O–H groups in total. The number of nitrogens with zero attached hydrogens (tertiary/aromatic N) is 6. The second-order valence-electron chi connectivity index (χ2n) is 6.66. The topological polar surface area (TPSA) is 78.0 Å². The van der Waals surface area contributed by atoms with Crippen LogP contribution in [0, 0.1) is 25.2 Å². The van der Waals surface area contributed by atoms with Crippen LogP contribution in [0.2, 0.25) is 0 Å². The number of aromatic nitrogens is 3. The third kappa shape index (κ3) is 3.69. The maximum absolute atomic E-state index is 12.6. The van der Waals surface area contributed by atoms with Crippen LogP contribution < -0.4 is 4.90 Å². The molecule has 0 aliphatic carbocycles. The van der Waals surface area contributed by atoms with Crippen molar-refractivity contribution >= 4 is 11.7 Å². The highest BCUT2D eigenvalue weighted by Crippen LogP contribution is 2.17. The van der Waals surface area contributed by atoms with Crippen molar-refractivity contribution in [3.05, 3.63) is 40.8 Å². The highest BCUT2D eigenvalue weighted by atomic mass is 16.2. The molecule has 7 nitrogen and oxygen atoms in total. The number of rotatable bonds is 4. The molecule has 0 bridgehead atoms. The number of aryl methyl sites for hydroxylation is 2. The first-order chi connectivity index (χ1) is 12.5. The van der Waals surface area contributed by atoms with Crippen molar-refractivity contribution in [2.75, 3.05) is 31.1 Å². The molecule has 0 atom stereocenters. The number of amides is 1. The van der Waals surface area contributed by atoms with Crippen molar-refractivity contribution in [2.45, 2.75) is 26.7 Å². The summed E-state index contributed by atoms with van der Waals surface area (Å²) in [6, 6.07) is 5.64. The highest BCUT2D eigenvalue weighted by molar-refractivity contribution is 5.76. The van der Waals surface area contributed by atoms with Gasteiger partial charge in [0, 0.05) is 51.5 Å². The molecule has 0 aromatic carbocycles. The van der Waals surface area contributed by atoms with Crippen molar-refractivity contribution in [3.8, 4) is 6.07 Å². The Morgan fingerprint density at radius 1 is 1.27 bits per heavy atom. The average Bonchev–Trinajstić information content (AvgIpc) is 2.91. The van der Waals surface area contributed by atoms with Crippen molar-refractivity contribution in [1.82, 2.24) is 19.7 Å². The van der Waals surface area contributed by atoms with Gasteiger partial charge in [-0.15, -0.1) is 0 Å². The lowest BCUT2D eigenvalue weighted by molar-refractivity contribution is -0.131. The van der Waals surface area contributed by atoms with Crippen LogP contribution in [0.5, 0.6) is 0 Å². The van der Waals surface area contributed by atoms with E-state index in [0.29, 0.717) is 25.1 Å². The number of carbonyl (C=O) groups excluding carboxylic acids is 1. The zero-order chi connectivity index (χ0) is 18.7. The van der Waals surface area contributed by atoms with Crippen molar-refractivity contribution in [3.63, 3.8) is 0 Å². The number of pyridine rings is 1. The average molecular weight is 352 g/mol. The minimum absolute atomic E-state index is 0.186. The van der Waals surface area contributed by atoms with Crippen LogP contribution in [0.25, 0.3) is 0 Å². The van der Waals surface area contributed by atoms with E-state index in [0.717, 1.165) is 36.7 Å². The fourth-order valence-corrected chi connectivity index (χ4v) is 3.42. The molecule has 3 heterocycles. The maximum Gasteiger partial charge on any atom is 0.223 e. The third-order valence-electron chi connectivity index (χ3n) is 5.08. The van der Waals surface area contributed by atoms with E-state index in [1.54, 1.807) is 18.3 Å². The van der Waals surface area contributed by atoms with Crippen LogP contribution in [0.1, 0.15) is 28.9 Å². The smallest absolute Gasteiger partial charge is 0.223 e. The Morgan fingerprint density at radius 3 is 2.62 bits per heavy atom. The van der Waals surface area contributed by atoms with Crippen LogP contribution >= 0.6 is 0 Å². The molecule has 1 aliphatic heterocycles. The zero-order valence-corrected chi connectivity index (χ0v) is 15.6. The number of carbonyl (C=O) groups is 1. The summed E-state index contributed by atoms with van der Waals surface area (Å²) in [4.78, 5) is 21.0. The predicted octanol–water partition coefficient (Wildman–Crippen LogP) is 1.59. The van der Waals surface area contributed by atoms with Gasteiger partial charge in [-0.05, 0) is 38.0 Å². The minimum Gasteiger partial charge on any atom is -0.353 e. The lowest BCUT2D eigenvalue weighted by Gasteiger charge is -2.35. The van der Waals surface area contributed by atoms with Crippen molar-refractivity contribution in [2.24, 2.45) is 7.05 Å². The Balaban J connectivity index is 1.54. The molecule has 3 rings (SSSR count). The molecule has 1 saturated heterocycles. The van der Waals surface area contributed by atoms with E-state index in [-0.39, 0.29) is 5.91 Å². The van der Waals surface area contributed by atoms with Gasteiger partial charge in [0.05, 0.1) is 17.3 Å². The van der Waals surface area contributed by atoms with Gasteiger partial charge in [0.2, 0.25) is 5.91 Å². The predicted molar refractivity (Wildman–Crippen MR) is 98.7 cm³/mol. The summed E-state index contributed by atoms with van der Waals surface area (Å²) < 4.78 is 1.87. The van der Waals surface area contributed by atoms with Gasteiger partial charge in [-0.3, -0.25) is 9.48 Å². The van der Waals surface area contributed by atoms with E-state index in [9.17, 15) is 4.79 Å². The summed E-state index contributed by atoms with van der Waals surface area (Å²) in [5.41, 5.74) is 3.92. The summed E-state index contributed by atoms with van der Waals surface area (Å²) in [6.45, 7) is 6.87. The number of anilines is 1. The van der Waals surface area contributed by atoms with E-state index >= 15 is 0 Å². The van der Waals surface area contributed by atoms with E-state index in [1.807, 2.05) is 30.5 Å². The van der Waals surface area contributed by atoms with E-state index in [4.69, 9.17) is 5.26 Å². The van der Waals surface area contributed by atoms with Gasteiger partial charge < -0.3 is 9.80 Å². The minimum atomic E-state index is 0.186. The lowest BCUT2D eigenvalue weighted by atomic mass is 10.1. The molecular weight excluding hydrogens is 328 g/mol. The van der Waals surface area contributed by atoms with Gasteiger partial charge in [0.15, 0.2) is 0 Å². The van der Waals surface area contributed by atoms with E-state index in [1.165, 1.54) is 5.56 Å². The Kier molecular flexibility index (Phi) is 5.21. The van der Waals surface area contributed by atoms with Crippen LogP contribution in [0.4, 0.5) is 5.82 Å². The Hall–Kier alpha value is -2.88. The van der Waals surface area contributed by atoms with Crippen LogP contribution in [0.15, 0.2) is 18.3 Å². The fraction of sp³-hybridized carbons (Fsp3) is 0.474. The quantitative estimate of drug-likeness (QED) is 0.835. The Labute approximate surface area is 153 Å². The van der Waals surface area contributed by atoms with Gasteiger partial charge in [-0.1, -0.05) is 0 Å². The second-order valence-corrected chi connectivity index (χ2v) is 6.66. The number of hydrogen-bond donors (Lipinski definition) is 0. The van der Waals surface area contributed by atoms with Crippen molar-refractivity contribution in [1.29, 1.82) is 5.26 Å². The molecule has 0 radical (unpaired) electrons. The molecule has 2 aromatic heterocycles. The summed E-state index contributed by atoms with van der Waals surface area (Å²) in [7, 11) is 1.93. The summed E-state index contributed by atoms with van der Waals surface area (Å²) in [5, 5.41) is 13.4. The summed E-state index contributed by atoms with van der Waals surface area (Å²) in [5.74, 6) is 0.990. The first-order valence-electron chi connectivity index (χ1n) is 8.87. The van der Waals surface area contributed by atoms with Crippen LogP contribution in [0.3, 0.4) is 0 Å². The van der Waals surface area contributed by atoms with Crippen LogP contribution in [-0.4, -0.2) is 51.8 Å². The van der Waals surface area contributed by atoms with Gasteiger partial charge in [0.1, 0.15) is 5.82 Å². The SMILES string of the molecule is Cc1nn(C)c(C)c1CCC(=O)N1CCN(c2cc(C#N)ccn2)CC1. The number of nitriles is 1. The van der Waals surface area contributed by atoms with Crippen LogP contribution in [-0.2, 0) is 18.3 Å². The summed E-state index contributed by atoms with van der Waals surface area (Å²) in [6.07, 6.45) is 2.90. The Morgan fingerprint density at radius 2 is 2.00 bits per heavy atom. The molecule has 1 fully saturated rings. The maximum atomic E-state index is 12.6. The molecule has 0 unspecified atom stereocenters. The fourth-order valence-electron chi connectivity index (χ4n) is 3.42. The molecule has 0 saturated carbocycles. The van der Waals surface area contributed by atoms with E-state index < -0.39 is 0 Å². The first-order valence-corrected chi connectivity index (χ1v) is 8.87. The first kappa shape index (κ1) is 17.9. The molecule has 1 amide bonds. The molecular formula is C19H24N6O. The largest absolute Gasteiger partial charge is 0.353 e. The standard InChI is InChI=1S/C19H24N6O/c1-14-17(15(2)23(3)22-14)4-5-19(26)25-10-8-24(9-11-25)18-12-16(13-20)6-7-21-18/h6-7,12H,4-5,8-11H2,1-3H3. The molecule has 0 spiro atoms. The zero-order valence-electron chi connectivity index (χ0n) is 15.6. The number of hydrogen-bond acceptors (Lipinski definition) is 5. The number of piperazine rings is 1. The molecule has 26 heavy (non-hydrogen) atoms. The lowest BCUT2D eigenvalue weighted by Crippen LogP contribution is -2.49. The summed E-state index contributed by atoms with van der Waals surface area (Å²) >= 11 is 0. The van der Waals surface area contributed by atoms with Gasteiger partial charge >= 0.3 is 0 Å². The van der Waals surface area contributed by atoms with E-state index in [2.05, 4.69) is 21.1 Å². The Bertz CT molecular complexity index is 842. The third-order valence-corrected chi connectivity index (χ3v) is 5.08.